The molecule has 0 unspecified atom stereocenters. The Hall–Kier alpha value is -2.34. The second-order valence-corrected chi connectivity index (χ2v) is 7.52. The van der Waals surface area contributed by atoms with Crippen LogP contribution in [0.25, 0.3) is 5.69 Å². The van der Waals surface area contributed by atoms with Crippen molar-refractivity contribution in [3.8, 4) is 5.69 Å². The van der Waals surface area contributed by atoms with Crippen LogP contribution < -0.4 is 5.32 Å². The van der Waals surface area contributed by atoms with Crippen LogP contribution in [0.4, 0.5) is 0 Å². The second kappa shape index (κ2) is 8.57. The lowest BCUT2D eigenvalue weighted by Gasteiger charge is -2.15. The van der Waals surface area contributed by atoms with Gasteiger partial charge in [-0.1, -0.05) is 31.5 Å². The normalized spacial score (nSPS) is 14.0. The number of carbonyl (C=O) groups excluding carboxylic acids is 2. The number of aromatic nitrogens is 2. The van der Waals surface area contributed by atoms with Gasteiger partial charge in [-0.3, -0.25) is 9.59 Å². The number of hydrogen-bond donors (Lipinski definition) is 1. The molecule has 2 heterocycles. The molecule has 2 amide bonds. The van der Waals surface area contributed by atoms with Crippen molar-refractivity contribution in [2.24, 2.45) is 0 Å². The summed E-state index contributed by atoms with van der Waals surface area (Å²) in [7, 11) is 0. The minimum Gasteiger partial charge on any atom is -0.351 e. The van der Waals surface area contributed by atoms with E-state index >= 15 is 0 Å². The molecular formula is C20H25ClN4O2. The van der Waals surface area contributed by atoms with Crippen LogP contribution in [-0.4, -0.2) is 46.1 Å². The van der Waals surface area contributed by atoms with E-state index in [0.29, 0.717) is 23.6 Å². The lowest BCUT2D eigenvalue weighted by atomic mass is 10.0. The predicted molar refractivity (Wildman–Crippen MR) is 105 cm³/mol. The van der Waals surface area contributed by atoms with Gasteiger partial charge in [0.05, 0.1) is 23.1 Å². The lowest BCUT2D eigenvalue weighted by Crippen LogP contribution is -2.33. The van der Waals surface area contributed by atoms with Crippen molar-refractivity contribution in [2.75, 3.05) is 19.6 Å². The Labute approximate surface area is 164 Å². The van der Waals surface area contributed by atoms with Crippen LogP contribution in [0.3, 0.4) is 0 Å². The first kappa shape index (κ1) is 19.4. The first-order valence-corrected chi connectivity index (χ1v) is 9.75. The van der Waals surface area contributed by atoms with E-state index in [1.807, 2.05) is 36.9 Å². The molecule has 0 atom stereocenters. The topological polar surface area (TPSA) is 67.2 Å². The van der Waals surface area contributed by atoms with Gasteiger partial charge in [0.15, 0.2) is 0 Å². The fourth-order valence-corrected chi connectivity index (χ4v) is 3.59. The zero-order valence-corrected chi connectivity index (χ0v) is 16.5. The van der Waals surface area contributed by atoms with Gasteiger partial charge in [-0.15, -0.1) is 0 Å². The van der Waals surface area contributed by atoms with Crippen molar-refractivity contribution in [2.45, 2.75) is 39.0 Å². The highest BCUT2D eigenvalue weighted by Crippen LogP contribution is 2.24. The van der Waals surface area contributed by atoms with Gasteiger partial charge in [0.1, 0.15) is 0 Å². The maximum Gasteiger partial charge on any atom is 0.254 e. The summed E-state index contributed by atoms with van der Waals surface area (Å²) in [5.74, 6) is -0.00818. The van der Waals surface area contributed by atoms with Gasteiger partial charge in [-0.2, -0.15) is 5.10 Å². The van der Waals surface area contributed by atoms with E-state index in [0.717, 1.165) is 37.3 Å². The minimum atomic E-state index is -0.207. The Kier molecular flexibility index (Phi) is 6.16. The molecule has 144 valence electrons. The number of hydrogen-bond acceptors (Lipinski definition) is 3. The maximum atomic E-state index is 12.7. The lowest BCUT2D eigenvalue weighted by molar-refractivity contribution is -0.129. The Morgan fingerprint density at radius 3 is 2.67 bits per heavy atom. The van der Waals surface area contributed by atoms with E-state index in [9.17, 15) is 9.59 Å². The summed E-state index contributed by atoms with van der Waals surface area (Å²) < 4.78 is 1.75. The van der Waals surface area contributed by atoms with E-state index in [1.165, 1.54) is 0 Å². The molecule has 0 bridgehead atoms. The van der Waals surface area contributed by atoms with Crippen molar-refractivity contribution < 1.29 is 9.59 Å². The highest BCUT2D eigenvalue weighted by atomic mass is 35.5. The van der Waals surface area contributed by atoms with Gasteiger partial charge < -0.3 is 10.2 Å². The molecule has 1 aromatic carbocycles. The highest BCUT2D eigenvalue weighted by Gasteiger charge is 2.22. The van der Waals surface area contributed by atoms with E-state index < -0.39 is 0 Å². The number of nitrogens with one attached hydrogen (secondary N) is 1. The number of benzene rings is 1. The fraction of sp³-hybridized carbons (Fsp3) is 0.450. The summed E-state index contributed by atoms with van der Waals surface area (Å²) >= 11 is 6.09. The van der Waals surface area contributed by atoms with Crippen molar-refractivity contribution >= 4 is 23.4 Å². The minimum absolute atomic E-state index is 0.0958. The van der Waals surface area contributed by atoms with E-state index in [4.69, 9.17) is 11.6 Å². The number of carbonyl (C=O) groups is 2. The standard InChI is InChI=1S/C20H25ClN4O2/c1-14(2)19-17(13-23-25(19)16-7-5-6-15(21)12-16)20(27)22-9-8-18(26)24-10-3-4-11-24/h5-7,12-14H,3-4,8-11H2,1-2H3,(H,22,27). The second-order valence-electron chi connectivity index (χ2n) is 7.08. The van der Waals surface area contributed by atoms with Crippen LogP contribution in [0.5, 0.6) is 0 Å². The number of halogens is 1. The van der Waals surface area contributed by atoms with Crippen molar-refractivity contribution in [3.63, 3.8) is 0 Å². The smallest absolute Gasteiger partial charge is 0.254 e. The van der Waals surface area contributed by atoms with Crippen LogP contribution in [-0.2, 0) is 4.79 Å². The summed E-state index contributed by atoms with van der Waals surface area (Å²) in [5, 5.41) is 7.87. The third-order valence-electron chi connectivity index (χ3n) is 4.73. The number of nitrogens with zero attached hydrogens (tertiary/aromatic N) is 3. The number of rotatable bonds is 6. The average molecular weight is 389 g/mol. The largest absolute Gasteiger partial charge is 0.351 e. The molecule has 7 heteroatoms. The quantitative estimate of drug-likeness (QED) is 0.824. The van der Waals surface area contributed by atoms with Crippen LogP contribution >= 0.6 is 11.6 Å². The summed E-state index contributed by atoms with van der Waals surface area (Å²) in [6.07, 6.45) is 4.04. The third-order valence-corrected chi connectivity index (χ3v) is 4.97. The molecule has 1 aliphatic rings. The Bertz CT molecular complexity index is 825. The average Bonchev–Trinajstić information content (AvgIpc) is 3.31. The maximum absolute atomic E-state index is 12.7. The molecule has 3 rings (SSSR count). The molecule has 1 fully saturated rings. The molecule has 1 aliphatic heterocycles. The van der Waals surface area contributed by atoms with E-state index in [2.05, 4.69) is 10.4 Å². The van der Waals surface area contributed by atoms with E-state index in [-0.39, 0.29) is 17.7 Å². The first-order valence-electron chi connectivity index (χ1n) is 9.37. The first-order chi connectivity index (χ1) is 13.0. The molecular weight excluding hydrogens is 364 g/mol. The molecule has 1 N–H and O–H groups in total. The highest BCUT2D eigenvalue weighted by molar-refractivity contribution is 6.30. The molecule has 0 saturated carbocycles. The Balaban J connectivity index is 1.70. The van der Waals surface area contributed by atoms with Crippen LogP contribution in [0.15, 0.2) is 30.5 Å². The molecule has 27 heavy (non-hydrogen) atoms. The molecule has 1 saturated heterocycles. The Morgan fingerprint density at radius 1 is 1.26 bits per heavy atom. The van der Waals surface area contributed by atoms with Crippen molar-refractivity contribution in [1.82, 2.24) is 20.0 Å². The molecule has 0 aliphatic carbocycles. The van der Waals surface area contributed by atoms with E-state index in [1.54, 1.807) is 16.9 Å². The zero-order chi connectivity index (χ0) is 19.4. The fourth-order valence-electron chi connectivity index (χ4n) is 3.40. The molecule has 0 radical (unpaired) electrons. The molecule has 1 aromatic heterocycles. The SMILES string of the molecule is CC(C)c1c(C(=O)NCCC(=O)N2CCCC2)cnn1-c1cccc(Cl)c1. The van der Waals surface area contributed by atoms with Crippen LogP contribution in [0.2, 0.25) is 5.02 Å². The van der Waals surface area contributed by atoms with Gasteiger partial charge in [0, 0.05) is 31.1 Å². The molecule has 0 spiro atoms. The van der Waals surface area contributed by atoms with Crippen molar-refractivity contribution in [1.29, 1.82) is 0 Å². The third kappa shape index (κ3) is 4.50. The molecule has 2 aromatic rings. The Morgan fingerprint density at radius 2 is 2.00 bits per heavy atom. The van der Waals surface area contributed by atoms with Crippen LogP contribution in [0.1, 0.15) is 55.1 Å². The number of amides is 2. The number of likely N-dealkylation sites (tertiary alicyclic amines) is 1. The van der Waals surface area contributed by atoms with Gasteiger partial charge in [-0.25, -0.2) is 4.68 Å². The summed E-state index contributed by atoms with van der Waals surface area (Å²) in [5.41, 5.74) is 2.16. The van der Waals surface area contributed by atoms with Crippen LogP contribution in [0, 0.1) is 0 Å². The summed E-state index contributed by atoms with van der Waals surface area (Å²) in [4.78, 5) is 26.6. The molecule has 6 nitrogen and oxygen atoms in total. The van der Waals surface area contributed by atoms with Gasteiger partial charge in [-0.05, 0) is 37.0 Å². The van der Waals surface area contributed by atoms with Gasteiger partial charge in [0.2, 0.25) is 5.91 Å². The monoisotopic (exact) mass is 388 g/mol. The predicted octanol–water partition coefficient (Wildman–Crippen LogP) is 3.39. The van der Waals surface area contributed by atoms with Crippen molar-refractivity contribution in [3.05, 3.63) is 46.7 Å². The van der Waals surface area contributed by atoms with Gasteiger partial charge >= 0.3 is 0 Å². The zero-order valence-electron chi connectivity index (χ0n) is 15.7. The van der Waals surface area contributed by atoms with Gasteiger partial charge in [0.25, 0.3) is 5.91 Å². The summed E-state index contributed by atoms with van der Waals surface area (Å²) in [6.45, 7) is 6.03. The summed E-state index contributed by atoms with van der Waals surface area (Å²) in [6, 6.07) is 7.37.